The Labute approximate surface area is 137 Å². The molecule has 118 valence electrons. The Bertz CT molecular complexity index is 797. The van der Waals surface area contributed by atoms with Crippen molar-refractivity contribution >= 4 is 34.7 Å². The Hall–Kier alpha value is -2.28. The summed E-state index contributed by atoms with van der Waals surface area (Å²) in [5.41, 5.74) is 4.80. The van der Waals surface area contributed by atoms with Gasteiger partial charge in [0.15, 0.2) is 0 Å². The number of nitrogens with one attached hydrogen (secondary N) is 1. The van der Waals surface area contributed by atoms with Crippen molar-refractivity contribution in [3.63, 3.8) is 0 Å². The van der Waals surface area contributed by atoms with Crippen LogP contribution in [-0.2, 0) is 17.6 Å². The zero-order valence-electron chi connectivity index (χ0n) is 12.8. The Balaban J connectivity index is 1.68. The molecule has 0 atom stereocenters. The van der Waals surface area contributed by atoms with Crippen molar-refractivity contribution in [1.29, 1.82) is 0 Å². The molecule has 0 radical (unpaired) electrons. The van der Waals surface area contributed by atoms with Crippen LogP contribution in [0.25, 0.3) is 0 Å². The molecule has 1 aromatic heterocycles. The molecule has 3 heterocycles. The fourth-order valence-electron chi connectivity index (χ4n) is 3.35. The maximum Gasteiger partial charge on any atom is 0.269 e. The molecule has 2 amide bonds. The first-order valence-electron chi connectivity index (χ1n) is 7.70. The van der Waals surface area contributed by atoms with Gasteiger partial charge in [0.25, 0.3) is 5.91 Å². The molecule has 23 heavy (non-hydrogen) atoms. The second-order valence-corrected chi connectivity index (χ2v) is 6.69. The molecule has 0 spiro atoms. The lowest BCUT2D eigenvalue weighted by atomic mass is 9.91. The number of nitrogens with zero attached hydrogens (tertiary/aromatic N) is 3. The number of aryl methyl sites for hydroxylation is 3. The second kappa shape index (κ2) is 5.42. The van der Waals surface area contributed by atoms with Crippen LogP contribution in [0.15, 0.2) is 12.1 Å². The van der Waals surface area contributed by atoms with E-state index in [0.29, 0.717) is 17.0 Å². The molecule has 4 rings (SSSR count). The largest absolute Gasteiger partial charge is 0.321 e. The molecule has 0 fully saturated rings. The maximum absolute atomic E-state index is 12.3. The third kappa shape index (κ3) is 2.41. The Morgan fingerprint density at radius 2 is 2.04 bits per heavy atom. The van der Waals surface area contributed by atoms with Gasteiger partial charge in [0.2, 0.25) is 5.91 Å². The molecule has 0 bridgehead atoms. The van der Waals surface area contributed by atoms with E-state index in [1.54, 1.807) is 6.92 Å². The lowest BCUT2D eigenvalue weighted by Crippen LogP contribution is -2.39. The molecule has 0 aliphatic carbocycles. The van der Waals surface area contributed by atoms with Crippen LogP contribution in [0.3, 0.4) is 0 Å². The highest BCUT2D eigenvalue weighted by atomic mass is 32.1. The molecule has 2 aliphatic heterocycles. The fraction of sp³-hybridized carbons (Fsp3) is 0.375. The molecule has 1 aromatic carbocycles. The lowest BCUT2D eigenvalue weighted by molar-refractivity contribution is -0.119. The first-order chi connectivity index (χ1) is 11.1. The average Bonchev–Trinajstić information content (AvgIpc) is 2.97. The summed E-state index contributed by atoms with van der Waals surface area (Å²) < 4.78 is 3.80. The van der Waals surface area contributed by atoms with Crippen LogP contribution in [0.5, 0.6) is 0 Å². The van der Waals surface area contributed by atoms with Gasteiger partial charge in [-0.25, -0.2) is 0 Å². The minimum absolute atomic E-state index is 0.177. The van der Waals surface area contributed by atoms with Gasteiger partial charge >= 0.3 is 0 Å². The Morgan fingerprint density at radius 1 is 1.26 bits per heavy atom. The summed E-state index contributed by atoms with van der Waals surface area (Å²) in [5, 5.41) is 6.82. The van der Waals surface area contributed by atoms with Crippen LogP contribution in [-0.4, -0.2) is 27.9 Å². The molecule has 2 aromatic rings. The summed E-state index contributed by atoms with van der Waals surface area (Å²) in [6, 6.07) is 3.98. The van der Waals surface area contributed by atoms with E-state index in [2.05, 4.69) is 14.9 Å². The summed E-state index contributed by atoms with van der Waals surface area (Å²) in [4.78, 5) is 26.9. The SMILES string of the molecule is Cc1nnsc1C(=O)Nc1cc2c3c(c1)CCC(=O)N3CCC2. The van der Waals surface area contributed by atoms with E-state index in [9.17, 15) is 9.59 Å². The molecule has 2 aliphatic rings. The molecule has 0 saturated heterocycles. The van der Waals surface area contributed by atoms with Gasteiger partial charge in [-0.2, -0.15) is 0 Å². The van der Waals surface area contributed by atoms with Crippen LogP contribution in [0.4, 0.5) is 11.4 Å². The van der Waals surface area contributed by atoms with Crippen LogP contribution in [0, 0.1) is 6.92 Å². The zero-order valence-corrected chi connectivity index (χ0v) is 13.6. The topological polar surface area (TPSA) is 75.2 Å². The van der Waals surface area contributed by atoms with E-state index < -0.39 is 0 Å². The zero-order chi connectivity index (χ0) is 16.0. The van der Waals surface area contributed by atoms with Crippen molar-refractivity contribution in [3.8, 4) is 0 Å². The summed E-state index contributed by atoms with van der Waals surface area (Å²) in [5.74, 6) is 0.0331. The monoisotopic (exact) mass is 328 g/mol. The summed E-state index contributed by atoms with van der Waals surface area (Å²) in [6.07, 6.45) is 3.19. The van der Waals surface area contributed by atoms with E-state index in [0.717, 1.165) is 59.8 Å². The van der Waals surface area contributed by atoms with Gasteiger partial charge in [0.1, 0.15) is 4.88 Å². The highest BCUT2D eigenvalue weighted by Crippen LogP contribution is 2.38. The van der Waals surface area contributed by atoms with Crippen molar-refractivity contribution in [2.45, 2.75) is 32.6 Å². The van der Waals surface area contributed by atoms with Crippen molar-refractivity contribution in [2.24, 2.45) is 0 Å². The number of hydrogen-bond acceptors (Lipinski definition) is 5. The molecule has 0 unspecified atom stereocenters. The number of benzene rings is 1. The van der Waals surface area contributed by atoms with Crippen molar-refractivity contribution in [1.82, 2.24) is 9.59 Å². The number of carbonyl (C=O) groups excluding carboxylic acids is 2. The van der Waals surface area contributed by atoms with Gasteiger partial charge in [-0.3, -0.25) is 9.59 Å². The van der Waals surface area contributed by atoms with Crippen LogP contribution in [0.2, 0.25) is 0 Å². The number of carbonyl (C=O) groups is 2. The summed E-state index contributed by atoms with van der Waals surface area (Å²) in [7, 11) is 0. The third-order valence-electron chi connectivity index (χ3n) is 4.39. The summed E-state index contributed by atoms with van der Waals surface area (Å²) >= 11 is 1.10. The second-order valence-electron chi connectivity index (χ2n) is 5.93. The van der Waals surface area contributed by atoms with Crippen molar-refractivity contribution < 1.29 is 9.59 Å². The first-order valence-corrected chi connectivity index (χ1v) is 8.47. The van der Waals surface area contributed by atoms with Gasteiger partial charge in [0, 0.05) is 18.7 Å². The molecular weight excluding hydrogens is 312 g/mol. The normalized spacial score (nSPS) is 16.2. The minimum atomic E-state index is -0.177. The molecule has 7 heteroatoms. The van der Waals surface area contributed by atoms with Crippen molar-refractivity contribution in [3.05, 3.63) is 33.8 Å². The van der Waals surface area contributed by atoms with Gasteiger partial charge in [-0.1, -0.05) is 4.49 Å². The predicted octanol–water partition coefficient (Wildman–Crippen LogP) is 2.32. The van der Waals surface area contributed by atoms with Gasteiger partial charge in [-0.05, 0) is 61.0 Å². The standard InChI is InChI=1S/C16H16N4O2S/c1-9-15(23-19-18-9)16(22)17-12-7-10-3-2-6-20-13(21)5-4-11(8-12)14(10)20/h7-8H,2-6H2,1H3,(H,17,22). The minimum Gasteiger partial charge on any atom is -0.321 e. The van der Waals surface area contributed by atoms with Crippen LogP contribution in [0.1, 0.15) is 39.3 Å². The lowest BCUT2D eigenvalue weighted by Gasteiger charge is -2.35. The van der Waals surface area contributed by atoms with E-state index >= 15 is 0 Å². The average molecular weight is 328 g/mol. The summed E-state index contributed by atoms with van der Waals surface area (Å²) in [6.45, 7) is 2.58. The number of hydrogen-bond donors (Lipinski definition) is 1. The number of anilines is 2. The van der Waals surface area contributed by atoms with E-state index in [4.69, 9.17) is 0 Å². The van der Waals surface area contributed by atoms with Gasteiger partial charge in [-0.15, -0.1) is 5.10 Å². The van der Waals surface area contributed by atoms with E-state index in [-0.39, 0.29) is 11.8 Å². The third-order valence-corrected chi connectivity index (χ3v) is 5.22. The highest BCUT2D eigenvalue weighted by molar-refractivity contribution is 7.08. The molecule has 0 saturated carbocycles. The fourth-order valence-corrected chi connectivity index (χ4v) is 3.90. The number of aromatic nitrogens is 2. The maximum atomic E-state index is 12.3. The highest BCUT2D eigenvalue weighted by Gasteiger charge is 2.29. The number of rotatable bonds is 2. The molecule has 6 nitrogen and oxygen atoms in total. The molecular formula is C16H16N4O2S. The smallest absolute Gasteiger partial charge is 0.269 e. The van der Waals surface area contributed by atoms with E-state index in [1.807, 2.05) is 17.0 Å². The van der Waals surface area contributed by atoms with Crippen molar-refractivity contribution in [2.75, 3.05) is 16.8 Å². The van der Waals surface area contributed by atoms with Gasteiger partial charge < -0.3 is 10.2 Å². The van der Waals surface area contributed by atoms with Crippen LogP contribution >= 0.6 is 11.5 Å². The predicted molar refractivity (Wildman–Crippen MR) is 88.0 cm³/mol. The number of amides is 2. The first kappa shape index (κ1) is 14.3. The van der Waals surface area contributed by atoms with E-state index in [1.165, 1.54) is 0 Å². The quantitative estimate of drug-likeness (QED) is 0.918. The molecule has 1 N–H and O–H groups in total. The Morgan fingerprint density at radius 3 is 2.78 bits per heavy atom. The Kier molecular flexibility index (Phi) is 3.37. The van der Waals surface area contributed by atoms with Gasteiger partial charge in [0.05, 0.1) is 11.4 Å². The van der Waals surface area contributed by atoms with Crippen LogP contribution < -0.4 is 10.2 Å².